The quantitative estimate of drug-likeness (QED) is 0.611. The van der Waals surface area contributed by atoms with E-state index in [-0.39, 0.29) is 18.6 Å². The Balaban J connectivity index is 3.56. The largest absolute Gasteiger partial charge is 0.396 e. The molecular weight excluding hydrogens is 128 g/mol. The monoisotopic (exact) mass is 146 g/mol. The molecule has 0 aliphatic heterocycles. The first kappa shape index (κ1) is 9.92. The number of rotatable bonds is 5. The molecule has 0 aromatic heterocycles. The fraction of sp³-hybridized carbons (Fsp3) is 1.00. The Bertz CT molecular complexity index is 73.7. The topological polar surface area (TPSA) is 40.5 Å². The van der Waals surface area contributed by atoms with Crippen molar-refractivity contribution in [3.63, 3.8) is 0 Å². The van der Waals surface area contributed by atoms with Crippen LogP contribution in [0.15, 0.2) is 0 Å². The van der Waals surface area contributed by atoms with E-state index in [9.17, 15) is 5.11 Å². The lowest BCUT2D eigenvalue weighted by atomic mass is 9.96. The maximum Gasteiger partial charge on any atom is 0.0587 e. The summed E-state index contributed by atoms with van der Waals surface area (Å²) in [5.74, 6) is 0.0926. The molecule has 0 heterocycles. The van der Waals surface area contributed by atoms with Crippen LogP contribution in [-0.2, 0) is 0 Å². The van der Waals surface area contributed by atoms with E-state index < -0.39 is 0 Å². The molecule has 10 heavy (non-hydrogen) atoms. The van der Waals surface area contributed by atoms with Crippen molar-refractivity contribution in [3.05, 3.63) is 0 Å². The van der Waals surface area contributed by atoms with Crippen LogP contribution in [0.25, 0.3) is 0 Å². The van der Waals surface area contributed by atoms with E-state index in [2.05, 4.69) is 6.92 Å². The van der Waals surface area contributed by atoms with Gasteiger partial charge in [-0.25, -0.2) is 0 Å². The van der Waals surface area contributed by atoms with E-state index >= 15 is 0 Å². The summed E-state index contributed by atoms with van der Waals surface area (Å²) in [4.78, 5) is 0. The lowest BCUT2D eigenvalue weighted by molar-refractivity contribution is 0.0593. The van der Waals surface area contributed by atoms with Crippen molar-refractivity contribution in [3.8, 4) is 0 Å². The standard InChI is InChI=1S/C8H18O2/c1-3-5-7(6-9)8(10)4-2/h7-10H,3-6H2,1-2H3. The highest BCUT2D eigenvalue weighted by atomic mass is 16.3. The second-order valence-corrected chi connectivity index (χ2v) is 2.71. The molecule has 2 unspecified atom stereocenters. The molecule has 0 rings (SSSR count). The van der Waals surface area contributed by atoms with Crippen LogP contribution >= 0.6 is 0 Å². The summed E-state index contributed by atoms with van der Waals surface area (Å²) < 4.78 is 0. The molecule has 0 saturated carbocycles. The second-order valence-electron chi connectivity index (χ2n) is 2.71. The second kappa shape index (κ2) is 5.69. The Morgan fingerprint density at radius 3 is 2.20 bits per heavy atom. The van der Waals surface area contributed by atoms with Gasteiger partial charge in [-0.3, -0.25) is 0 Å². The van der Waals surface area contributed by atoms with Crippen molar-refractivity contribution in [2.24, 2.45) is 5.92 Å². The third kappa shape index (κ3) is 3.18. The highest BCUT2D eigenvalue weighted by Gasteiger charge is 2.14. The first-order valence-electron chi connectivity index (χ1n) is 4.05. The number of aliphatic hydroxyl groups is 2. The summed E-state index contributed by atoms with van der Waals surface area (Å²) in [5, 5.41) is 18.1. The minimum absolute atomic E-state index is 0.0926. The van der Waals surface area contributed by atoms with Crippen molar-refractivity contribution in [2.45, 2.75) is 39.2 Å². The third-order valence-electron chi connectivity index (χ3n) is 1.86. The van der Waals surface area contributed by atoms with Gasteiger partial charge in [0.05, 0.1) is 6.10 Å². The fourth-order valence-corrected chi connectivity index (χ4v) is 1.11. The van der Waals surface area contributed by atoms with Gasteiger partial charge in [0.2, 0.25) is 0 Å². The highest BCUT2D eigenvalue weighted by Crippen LogP contribution is 2.12. The van der Waals surface area contributed by atoms with Crippen LogP contribution in [0.1, 0.15) is 33.1 Å². The van der Waals surface area contributed by atoms with E-state index in [1.54, 1.807) is 0 Å². The molecule has 0 aromatic rings. The van der Waals surface area contributed by atoms with Crippen molar-refractivity contribution in [2.75, 3.05) is 6.61 Å². The van der Waals surface area contributed by atoms with Crippen LogP contribution < -0.4 is 0 Å². The molecule has 0 fully saturated rings. The average molecular weight is 146 g/mol. The van der Waals surface area contributed by atoms with E-state index in [4.69, 9.17) is 5.11 Å². The highest BCUT2D eigenvalue weighted by molar-refractivity contribution is 4.65. The van der Waals surface area contributed by atoms with Crippen molar-refractivity contribution < 1.29 is 10.2 Å². The van der Waals surface area contributed by atoms with Gasteiger partial charge in [0, 0.05) is 12.5 Å². The zero-order valence-corrected chi connectivity index (χ0v) is 6.88. The molecule has 0 radical (unpaired) electrons. The molecule has 2 atom stereocenters. The minimum atomic E-state index is -0.315. The van der Waals surface area contributed by atoms with E-state index in [0.29, 0.717) is 0 Å². The Labute approximate surface area is 62.9 Å². The van der Waals surface area contributed by atoms with Crippen LogP contribution in [-0.4, -0.2) is 22.9 Å². The van der Waals surface area contributed by atoms with Gasteiger partial charge in [0.25, 0.3) is 0 Å². The van der Waals surface area contributed by atoms with Crippen LogP contribution in [0.2, 0.25) is 0 Å². The van der Waals surface area contributed by atoms with Crippen LogP contribution in [0.4, 0.5) is 0 Å². The Morgan fingerprint density at radius 1 is 1.30 bits per heavy atom. The molecule has 2 heteroatoms. The van der Waals surface area contributed by atoms with Gasteiger partial charge in [0.1, 0.15) is 0 Å². The number of hydrogen-bond donors (Lipinski definition) is 2. The van der Waals surface area contributed by atoms with Gasteiger partial charge < -0.3 is 10.2 Å². The van der Waals surface area contributed by atoms with Crippen molar-refractivity contribution >= 4 is 0 Å². The van der Waals surface area contributed by atoms with Gasteiger partial charge in [0.15, 0.2) is 0 Å². The summed E-state index contributed by atoms with van der Waals surface area (Å²) >= 11 is 0. The molecule has 0 amide bonds. The number of aliphatic hydroxyl groups excluding tert-OH is 2. The molecule has 0 bridgehead atoms. The SMILES string of the molecule is CCCC(CO)C(O)CC. The van der Waals surface area contributed by atoms with E-state index in [0.717, 1.165) is 19.3 Å². The summed E-state index contributed by atoms with van der Waals surface area (Å²) in [6.45, 7) is 4.11. The van der Waals surface area contributed by atoms with Crippen LogP contribution in [0.5, 0.6) is 0 Å². The first-order valence-corrected chi connectivity index (χ1v) is 4.05. The number of hydrogen-bond acceptors (Lipinski definition) is 2. The molecule has 0 spiro atoms. The molecule has 2 N–H and O–H groups in total. The van der Waals surface area contributed by atoms with E-state index in [1.807, 2.05) is 6.92 Å². The molecule has 0 aliphatic carbocycles. The van der Waals surface area contributed by atoms with Gasteiger partial charge in [-0.15, -0.1) is 0 Å². The molecule has 2 nitrogen and oxygen atoms in total. The van der Waals surface area contributed by atoms with Crippen LogP contribution in [0, 0.1) is 5.92 Å². The first-order chi connectivity index (χ1) is 4.76. The molecular formula is C8H18O2. The maximum absolute atomic E-state index is 9.29. The summed E-state index contributed by atoms with van der Waals surface area (Å²) in [6.07, 6.45) is 2.38. The zero-order chi connectivity index (χ0) is 7.98. The van der Waals surface area contributed by atoms with Crippen LogP contribution in [0.3, 0.4) is 0 Å². The summed E-state index contributed by atoms with van der Waals surface area (Å²) in [7, 11) is 0. The minimum Gasteiger partial charge on any atom is -0.396 e. The summed E-state index contributed by atoms with van der Waals surface area (Å²) in [6, 6.07) is 0. The van der Waals surface area contributed by atoms with Crippen molar-refractivity contribution in [1.82, 2.24) is 0 Å². The molecule has 0 saturated heterocycles. The maximum atomic E-state index is 9.29. The third-order valence-corrected chi connectivity index (χ3v) is 1.86. The zero-order valence-electron chi connectivity index (χ0n) is 6.88. The Morgan fingerprint density at radius 2 is 1.90 bits per heavy atom. The fourth-order valence-electron chi connectivity index (χ4n) is 1.11. The average Bonchev–Trinajstić information content (AvgIpc) is 1.99. The van der Waals surface area contributed by atoms with Gasteiger partial charge in [-0.2, -0.15) is 0 Å². The normalized spacial score (nSPS) is 16.8. The van der Waals surface area contributed by atoms with E-state index in [1.165, 1.54) is 0 Å². The van der Waals surface area contributed by atoms with Gasteiger partial charge in [-0.05, 0) is 12.8 Å². The molecule has 0 aromatic carbocycles. The molecule has 62 valence electrons. The van der Waals surface area contributed by atoms with Gasteiger partial charge >= 0.3 is 0 Å². The Kier molecular flexibility index (Phi) is 5.64. The lowest BCUT2D eigenvalue weighted by Crippen LogP contribution is -2.22. The van der Waals surface area contributed by atoms with Gasteiger partial charge in [-0.1, -0.05) is 20.3 Å². The lowest BCUT2D eigenvalue weighted by Gasteiger charge is -2.18. The molecule has 0 aliphatic rings. The van der Waals surface area contributed by atoms with Crippen molar-refractivity contribution in [1.29, 1.82) is 0 Å². The predicted octanol–water partition coefficient (Wildman–Crippen LogP) is 1.17. The summed E-state index contributed by atoms with van der Waals surface area (Å²) in [5.41, 5.74) is 0. The smallest absolute Gasteiger partial charge is 0.0587 e. The predicted molar refractivity (Wildman–Crippen MR) is 41.8 cm³/mol. The Hall–Kier alpha value is -0.0800.